The molecule has 0 heterocycles. The Morgan fingerprint density at radius 1 is 0.852 bits per heavy atom. The lowest BCUT2D eigenvalue weighted by atomic mass is 10.0. The van der Waals surface area contributed by atoms with Gasteiger partial charge < -0.3 is 5.11 Å². The molecule has 0 aliphatic heterocycles. The van der Waals surface area contributed by atoms with E-state index in [-0.39, 0.29) is 5.56 Å². The molecule has 0 saturated carbocycles. The average Bonchev–Trinajstić information content (AvgIpc) is 2.63. The van der Waals surface area contributed by atoms with E-state index in [9.17, 15) is 31.1 Å². The number of rotatable bonds is 3. The van der Waals surface area contributed by atoms with Crippen molar-refractivity contribution < 1.29 is 31.1 Å². The molecule has 3 nitrogen and oxygen atoms in total. The second-order valence-corrected chi connectivity index (χ2v) is 7.53. The number of benzene rings is 3. The summed E-state index contributed by atoms with van der Waals surface area (Å²) in [5.41, 5.74) is -2.26. The first-order valence-electron chi connectivity index (χ1n) is 7.62. The third kappa shape index (κ3) is 3.40. The number of aromatic hydroxyl groups is 1. The van der Waals surface area contributed by atoms with Crippen molar-refractivity contribution in [2.24, 2.45) is 0 Å². The molecule has 140 valence electrons. The van der Waals surface area contributed by atoms with Crippen LogP contribution in [0.1, 0.15) is 5.56 Å². The molecule has 0 bridgehead atoms. The number of hydrogen-bond donors (Lipinski definition) is 1. The number of alkyl halides is 3. The average molecular weight is 396 g/mol. The Hall–Kier alpha value is -2.87. The summed E-state index contributed by atoms with van der Waals surface area (Å²) in [6.07, 6.45) is -5.30. The van der Waals surface area contributed by atoms with E-state index in [1.165, 1.54) is 42.5 Å². The number of halogens is 4. The van der Waals surface area contributed by atoms with Gasteiger partial charge in [-0.3, -0.25) is 0 Å². The lowest BCUT2D eigenvalue weighted by molar-refractivity contribution is -0.141. The Morgan fingerprint density at radius 3 is 1.89 bits per heavy atom. The molecule has 0 aromatic heterocycles. The van der Waals surface area contributed by atoms with Crippen LogP contribution in [0.5, 0.6) is 5.75 Å². The highest BCUT2D eigenvalue weighted by Crippen LogP contribution is 2.47. The number of phenolic OH excluding ortho intramolecular Hbond substituents is 1. The highest BCUT2D eigenvalue weighted by atomic mass is 32.2. The zero-order valence-corrected chi connectivity index (χ0v) is 14.4. The second kappa shape index (κ2) is 6.70. The first kappa shape index (κ1) is 18.9. The summed E-state index contributed by atoms with van der Waals surface area (Å²) in [6.45, 7) is 0. The van der Waals surface area contributed by atoms with Crippen molar-refractivity contribution in [1.29, 1.82) is 0 Å². The third-order valence-electron chi connectivity index (χ3n) is 3.90. The van der Waals surface area contributed by atoms with Gasteiger partial charge in [0.15, 0.2) is 0 Å². The van der Waals surface area contributed by atoms with Gasteiger partial charge in [-0.15, -0.1) is 0 Å². The van der Waals surface area contributed by atoms with Crippen LogP contribution in [0.3, 0.4) is 0 Å². The summed E-state index contributed by atoms with van der Waals surface area (Å²) < 4.78 is 81.0. The van der Waals surface area contributed by atoms with Crippen LogP contribution in [-0.2, 0) is 16.0 Å². The van der Waals surface area contributed by atoms with Crippen LogP contribution >= 0.6 is 0 Å². The lowest BCUT2D eigenvalue weighted by Crippen LogP contribution is -2.16. The monoisotopic (exact) mass is 396 g/mol. The third-order valence-corrected chi connectivity index (χ3v) is 5.73. The minimum absolute atomic E-state index is 0.114. The summed E-state index contributed by atoms with van der Waals surface area (Å²) in [4.78, 5) is -2.11. The fourth-order valence-electron chi connectivity index (χ4n) is 2.70. The van der Waals surface area contributed by atoms with Crippen LogP contribution in [-0.4, -0.2) is 13.5 Å². The maximum Gasteiger partial charge on any atom is 0.421 e. The molecule has 1 N–H and O–H groups in total. The lowest BCUT2D eigenvalue weighted by Gasteiger charge is -2.18. The molecule has 3 aromatic carbocycles. The Bertz CT molecular complexity index is 1080. The summed E-state index contributed by atoms with van der Waals surface area (Å²) in [6, 6.07) is 14.1. The molecule has 3 rings (SSSR count). The van der Waals surface area contributed by atoms with E-state index < -0.39 is 48.5 Å². The minimum atomic E-state index is -5.30. The van der Waals surface area contributed by atoms with E-state index in [4.69, 9.17) is 0 Å². The van der Waals surface area contributed by atoms with Gasteiger partial charge in [0.05, 0.1) is 4.90 Å². The van der Waals surface area contributed by atoms with Crippen LogP contribution in [0.4, 0.5) is 17.6 Å². The van der Waals surface area contributed by atoms with E-state index in [0.29, 0.717) is 6.07 Å². The standard InChI is InChI=1S/C19H12F4O3S/c20-15-11-14(12-7-3-1-4-8-12)17(24)16(19(21,22)23)18(15)27(25,26)13-9-5-2-6-10-13/h1-11,24H. The van der Waals surface area contributed by atoms with E-state index in [0.717, 1.165) is 12.1 Å². The zero-order chi connectivity index (χ0) is 19.8. The molecule has 0 atom stereocenters. The first-order chi connectivity index (χ1) is 12.6. The smallest absolute Gasteiger partial charge is 0.421 e. The van der Waals surface area contributed by atoms with Gasteiger partial charge in [0.2, 0.25) is 9.84 Å². The molecular formula is C19H12F4O3S. The Morgan fingerprint density at radius 2 is 1.37 bits per heavy atom. The van der Waals surface area contributed by atoms with E-state index in [1.54, 1.807) is 6.07 Å². The van der Waals surface area contributed by atoms with Crippen LogP contribution in [0.15, 0.2) is 76.5 Å². The van der Waals surface area contributed by atoms with E-state index in [1.807, 2.05) is 0 Å². The normalized spacial score (nSPS) is 12.1. The topological polar surface area (TPSA) is 54.4 Å². The van der Waals surface area contributed by atoms with Crippen molar-refractivity contribution in [3.05, 3.63) is 78.1 Å². The summed E-state index contributed by atoms with van der Waals surface area (Å²) >= 11 is 0. The van der Waals surface area contributed by atoms with Crippen LogP contribution in [0.2, 0.25) is 0 Å². The van der Waals surface area contributed by atoms with Crippen molar-refractivity contribution in [3.63, 3.8) is 0 Å². The van der Waals surface area contributed by atoms with Gasteiger partial charge in [-0.2, -0.15) is 13.2 Å². The Labute approximate surface area is 152 Å². The first-order valence-corrected chi connectivity index (χ1v) is 9.10. The molecule has 0 saturated heterocycles. The van der Waals surface area contributed by atoms with Gasteiger partial charge in [0.25, 0.3) is 0 Å². The molecule has 0 amide bonds. The Balaban J connectivity index is 2.38. The largest absolute Gasteiger partial charge is 0.507 e. The SMILES string of the molecule is O=S(=O)(c1ccccc1)c1c(F)cc(-c2ccccc2)c(O)c1C(F)(F)F. The van der Waals surface area contributed by atoms with Gasteiger partial charge in [-0.25, -0.2) is 12.8 Å². The van der Waals surface area contributed by atoms with Gasteiger partial charge in [0.1, 0.15) is 22.0 Å². The molecule has 0 aliphatic rings. The quantitative estimate of drug-likeness (QED) is 0.631. The minimum Gasteiger partial charge on any atom is -0.507 e. The van der Waals surface area contributed by atoms with Crippen molar-refractivity contribution in [3.8, 4) is 16.9 Å². The van der Waals surface area contributed by atoms with Gasteiger partial charge in [-0.1, -0.05) is 48.5 Å². The number of sulfone groups is 1. The van der Waals surface area contributed by atoms with Gasteiger partial charge in [-0.05, 0) is 23.8 Å². The predicted octanol–water partition coefficient (Wildman–Crippen LogP) is 5.05. The highest BCUT2D eigenvalue weighted by Gasteiger charge is 2.44. The molecule has 0 unspecified atom stereocenters. The molecule has 27 heavy (non-hydrogen) atoms. The summed E-state index contributed by atoms with van der Waals surface area (Å²) in [5, 5.41) is 10.2. The van der Waals surface area contributed by atoms with E-state index >= 15 is 0 Å². The summed E-state index contributed by atoms with van der Waals surface area (Å²) in [5.74, 6) is -2.94. The molecule has 0 spiro atoms. The molecular weight excluding hydrogens is 384 g/mol. The maximum atomic E-state index is 14.7. The van der Waals surface area contributed by atoms with E-state index in [2.05, 4.69) is 0 Å². The van der Waals surface area contributed by atoms with Gasteiger partial charge >= 0.3 is 6.18 Å². The highest BCUT2D eigenvalue weighted by molar-refractivity contribution is 7.91. The summed E-state index contributed by atoms with van der Waals surface area (Å²) in [7, 11) is -4.86. The fraction of sp³-hybridized carbons (Fsp3) is 0.0526. The number of hydrogen-bond acceptors (Lipinski definition) is 3. The predicted molar refractivity (Wildman–Crippen MR) is 90.4 cm³/mol. The maximum absolute atomic E-state index is 14.7. The Kier molecular flexibility index (Phi) is 4.69. The molecule has 0 fully saturated rings. The van der Waals surface area contributed by atoms with Crippen LogP contribution in [0, 0.1) is 5.82 Å². The van der Waals surface area contributed by atoms with Gasteiger partial charge in [0, 0.05) is 5.56 Å². The fourth-order valence-corrected chi connectivity index (χ4v) is 4.25. The molecule has 8 heteroatoms. The van der Waals surface area contributed by atoms with Crippen molar-refractivity contribution in [1.82, 2.24) is 0 Å². The van der Waals surface area contributed by atoms with Crippen LogP contribution < -0.4 is 0 Å². The second-order valence-electron chi connectivity index (χ2n) is 5.64. The number of phenols is 1. The zero-order valence-electron chi connectivity index (χ0n) is 13.5. The molecule has 0 aliphatic carbocycles. The van der Waals surface area contributed by atoms with Crippen molar-refractivity contribution in [2.45, 2.75) is 16.0 Å². The molecule has 0 radical (unpaired) electrons. The van der Waals surface area contributed by atoms with Crippen molar-refractivity contribution in [2.75, 3.05) is 0 Å². The molecule has 3 aromatic rings. The van der Waals surface area contributed by atoms with Crippen LogP contribution in [0.25, 0.3) is 11.1 Å². The van der Waals surface area contributed by atoms with Crippen molar-refractivity contribution >= 4 is 9.84 Å².